The van der Waals surface area contributed by atoms with Gasteiger partial charge in [-0.3, -0.25) is 4.79 Å². The molecule has 0 fully saturated rings. The lowest BCUT2D eigenvalue weighted by molar-refractivity contribution is 0.112. The van der Waals surface area contributed by atoms with E-state index in [0.717, 1.165) is 30.5 Å². The number of nitrogens with zero attached hydrogens (tertiary/aromatic N) is 1. The van der Waals surface area contributed by atoms with Crippen LogP contribution in [0.25, 0.3) is 10.9 Å². The normalized spacial score (nSPS) is 10.9. The first-order valence-electron chi connectivity index (χ1n) is 5.48. The molecular weight excluding hydrogens is 205 g/mol. The number of carbonyl (C=O) groups excluding carboxylic acids is 1. The van der Waals surface area contributed by atoms with Gasteiger partial charge in [0.15, 0.2) is 6.29 Å². The van der Waals surface area contributed by atoms with Crippen molar-refractivity contribution in [3.8, 4) is 0 Å². The number of hydrogen-bond acceptors (Lipinski definition) is 1. The molecule has 1 heterocycles. The van der Waals surface area contributed by atoms with Crippen LogP contribution in [0.5, 0.6) is 0 Å². The largest absolute Gasteiger partial charge is 0.344 e. The Kier molecular flexibility index (Phi) is 2.77. The van der Waals surface area contributed by atoms with Crippen molar-refractivity contribution in [2.24, 2.45) is 0 Å². The van der Waals surface area contributed by atoms with Crippen molar-refractivity contribution >= 4 is 17.2 Å². The van der Waals surface area contributed by atoms with E-state index < -0.39 is 0 Å². The second-order valence-corrected chi connectivity index (χ2v) is 3.74. The highest BCUT2D eigenvalue weighted by atomic mass is 19.1. The third kappa shape index (κ3) is 1.43. The summed E-state index contributed by atoms with van der Waals surface area (Å²) in [7, 11) is 0. The molecule has 0 spiro atoms. The Labute approximate surface area is 93.7 Å². The van der Waals surface area contributed by atoms with E-state index in [1.54, 1.807) is 6.07 Å². The van der Waals surface area contributed by atoms with Gasteiger partial charge >= 0.3 is 0 Å². The maximum Gasteiger partial charge on any atom is 0.152 e. The van der Waals surface area contributed by atoms with Gasteiger partial charge in [-0.25, -0.2) is 4.39 Å². The monoisotopic (exact) mass is 219 g/mol. The van der Waals surface area contributed by atoms with Crippen LogP contribution in [0, 0.1) is 5.82 Å². The van der Waals surface area contributed by atoms with Crippen LogP contribution in [0.4, 0.5) is 4.39 Å². The van der Waals surface area contributed by atoms with Crippen molar-refractivity contribution in [2.45, 2.75) is 26.8 Å². The van der Waals surface area contributed by atoms with Crippen LogP contribution in [0.2, 0.25) is 0 Å². The maximum absolute atomic E-state index is 13.2. The van der Waals surface area contributed by atoms with Crippen molar-refractivity contribution < 1.29 is 9.18 Å². The second kappa shape index (κ2) is 4.08. The minimum atomic E-state index is -0.300. The van der Waals surface area contributed by atoms with Gasteiger partial charge in [-0.05, 0) is 31.5 Å². The van der Waals surface area contributed by atoms with E-state index in [1.165, 1.54) is 12.1 Å². The smallest absolute Gasteiger partial charge is 0.152 e. The Hall–Kier alpha value is -1.64. The lowest BCUT2D eigenvalue weighted by atomic mass is 10.1. The highest BCUT2D eigenvalue weighted by Crippen LogP contribution is 2.26. The Morgan fingerprint density at radius 1 is 1.38 bits per heavy atom. The maximum atomic E-state index is 13.2. The molecule has 3 heteroatoms. The zero-order valence-corrected chi connectivity index (χ0v) is 9.46. The second-order valence-electron chi connectivity index (χ2n) is 3.74. The highest BCUT2D eigenvalue weighted by molar-refractivity contribution is 5.99. The minimum Gasteiger partial charge on any atom is -0.344 e. The van der Waals surface area contributed by atoms with E-state index in [4.69, 9.17) is 0 Å². The van der Waals surface area contributed by atoms with Crippen LogP contribution in [0.3, 0.4) is 0 Å². The lowest BCUT2D eigenvalue weighted by Crippen LogP contribution is -2.00. The molecule has 0 saturated heterocycles. The number of halogens is 1. The fourth-order valence-corrected chi connectivity index (χ4v) is 2.28. The van der Waals surface area contributed by atoms with Gasteiger partial charge in [-0.1, -0.05) is 6.92 Å². The molecule has 0 aliphatic carbocycles. The Morgan fingerprint density at radius 3 is 2.69 bits per heavy atom. The molecule has 84 valence electrons. The van der Waals surface area contributed by atoms with Gasteiger partial charge in [0.05, 0.1) is 0 Å². The van der Waals surface area contributed by atoms with Gasteiger partial charge in [-0.2, -0.15) is 0 Å². The Morgan fingerprint density at radius 2 is 2.12 bits per heavy atom. The highest BCUT2D eigenvalue weighted by Gasteiger charge is 2.14. The number of aryl methyl sites for hydroxylation is 1. The molecule has 2 nitrogen and oxygen atoms in total. The summed E-state index contributed by atoms with van der Waals surface area (Å²) in [6.45, 7) is 4.82. The number of benzene rings is 1. The molecule has 0 radical (unpaired) electrons. The molecule has 0 N–H and O–H groups in total. The van der Waals surface area contributed by atoms with Gasteiger partial charge in [0.25, 0.3) is 0 Å². The average molecular weight is 219 g/mol. The summed E-state index contributed by atoms with van der Waals surface area (Å²) in [6.07, 6.45) is 1.60. The van der Waals surface area contributed by atoms with Crippen LogP contribution >= 0.6 is 0 Å². The van der Waals surface area contributed by atoms with E-state index in [9.17, 15) is 9.18 Å². The first-order chi connectivity index (χ1) is 7.72. The first-order valence-corrected chi connectivity index (χ1v) is 5.48. The average Bonchev–Trinajstić information content (AvgIpc) is 2.60. The molecule has 0 amide bonds. The van der Waals surface area contributed by atoms with Crippen LogP contribution in [0.1, 0.15) is 29.9 Å². The van der Waals surface area contributed by atoms with Crippen molar-refractivity contribution in [2.75, 3.05) is 0 Å². The zero-order chi connectivity index (χ0) is 11.7. The third-order valence-corrected chi connectivity index (χ3v) is 2.95. The predicted octanol–water partition coefficient (Wildman–Crippen LogP) is 3.18. The number of rotatable bonds is 3. The first kappa shape index (κ1) is 10.9. The molecular formula is C13H14FNO. The summed E-state index contributed by atoms with van der Waals surface area (Å²) >= 11 is 0. The van der Waals surface area contributed by atoms with Gasteiger partial charge in [0.1, 0.15) is 5.82 Å². The Bertz CT molecular complexity index is 542. The molecule has 16 heavy (non-hydrogen) atoms. The van der Waals surface area contributed by atoms with Crippen molar-refractivity contribution in [3.05, 3.63) is 35.3 Å². The summed E-state index contributed by atoms with van der Waals surface area (Å²) in [6, 6.07) is 4.60. The SMILES string of the molecule is CCc1c(C=O)c2cc(F)ccc2n1CC. The van der Waals surface area contributed by atoms with Crippen LogP contribution in [0.15, 0.2) is 18.2 Å². The Balaban J connectivity index is 2.89. The number of aromatic nitrogens is 1. The summed E-state index contributed by atoms with van der Waals surface area (Å²) in [5.41, 5.74) is 2.54. The third-order valence-electron chi connectivity index (χ3n) is 2.95. The molecule has 0 bridgehead atoms. The fourth-order valence-electron chi connectivity index (χ4n) is 2.28. The molecule has 1 aromatic carbocycles. The summed E-state index contributed by atoms with van der Waals surface area (Å²) in [5, 5.41) is 0.716. The van der Waals surface area contributed by atoms with Crippen LogP contribution in [-0.2, 0) is 13.0 Å². The van der Waals surface area contributed by atoms with Crippen molar-refractivity contribution in [3.63, 3.8) is 0 Å². The molecule has 2 aromatic rings. The molecule has 2 rings (SSSR count). The van der Waals surface area contributed by atoms with Gasteiger partial charge in [-0.15, -0.1) is 0 Å². The summed E-state index contributed by atoms with van der Waals surface area (Å²) < 4.78 is 15.2. The number of carbonyl (C=O) groups is 1. The number of hydrogen-bond donors (Lipinski definition) is 0. The van der Waals surface area contributed by atoms with Gasteiger partial charge in [0.2, 0.25) is 0 Å². The lowest BCUT2D eigenvalue weighted by Gasteiger charge is -2.05. The number of aldehydes is 1. The predicted molar refractivity (Wildman–Crippen MR) is 62.3 cm³/mol. The standard InChI is InChI=1S/C13H14FNO/c1-3-12-11(8-16)10-7-9(14)5-6-13(10)15(12)4-2/h5-8H,3-4H2,1-2H3. The van der Waals surface area contributed by atoms with E-state index in [1.807, 2.05) is 13.8 Å². The fraction of sp³-hybridized carbons (Fsp3) is 0.308. The van der Waals surface area contributed by atoms with Crippen LogP contribution < -0.4 is 0 Å². The van der Waals surface area contributed by atoms with E-state index in [0.29, 0.717) is 10.9 Å². The van der Waals surface area contributed by atoms with Crippen molar-refractivity contribution in [1.29, 1.82) is 0 Å². The zero-order valence-electron chi connectivity index (χ0n) is 9.46. The number of fused-ring (bicyclic) bond motifs is 1. The molecule has 0 aliphatic heterocycles. The van der Waals surface area contributed by atoms with Crippen molar-refractivity contribution in [1.82, 2.24) is 4.57 Å². The molecule has 1 aromatic heterocycles. The molecule has 0 unspecified atom stereocenters. The molecule has 0 aliphatic rings. The quantitative estimate of drug-likeness (QED) is 0.727. The van der Waals surface area contributed by atoms with E-state index >= 15 is 0 Å². The van der Waals surface area contributed by atoms with E-state index in [2.05, 4.69) is 4.57 Å². The van der Waals surface area contributed by atoms with E-state index in [-0.39, 0.29) is 5.82 Å². The molecule has 0 atom stereocenters. The topological polar surface area (TPSA) is 22.0 Å². The minimum absolute atomic E-state index is 0.300. The van der Waals surface area contributed by atoms with Gasteiger partial charge in [0, 0.05) is 28.7 Å². The summed E-state index contributed by atoms with van der Waals surface area (Å²) in [4.78, 5) is 11.1. The molecule has 0 saturated carbocycles. The van der Waals surface area contributed by atoms with Gasteiger partial charge < -0.3 is 4.57 Å². The van der Waals surface area contributed by atoms with Crippen LogP contribution in [-0.4, -0.2) is 10.9 Å². The summed E-state index contributed by atoms with van der Waals surface area (Å²) in [5.74, 6) is -0.300.